The maximum atomic E-state index is 9.82. The highest BCUT2D eigenvalue weighted by Crippen LogP contribution is 2.29. The zero-order valence-electron chi connectivity index (χ0n) is 9.01. The van der Waals surface area contributed by atoms with Crippen molar-refractivity contribution in [3.63, 3.8) is 0 Å². The predicted octanol–water partition coefficient (Wildman–Crippen LogP) is 2.26. The Bertz CT molecular complexity index is 737. The molecule has 0 spiro atoms. The fourth-order valence-corrected chi connectivity index (χ4v) is 1.95. The number of rotatable bonds is 0. The second-order valence-corrected chi connectivity index (χ2v) is 4.05. The molecule has 0 saturated carbocycles. The summed E-state index contributed by atoms with van der Waals surface area (Å²) in [5.41, 5.74) is 14.0. The van der Waals surface area contributed by atoms with E-state index in [0.717, 1.165) is 10.9 Å². The number of hydrogen-bond acceptors (Lipinski definition) is 4. The van der Waals surface area contributed by atoms with Crippen LogP contribution in [0.4, 0.5) is 11.4 Å². The van der Waals surface area contributed by atoms with Gasteiger partial charge in [0, 0.05) is 28.2 Å². The van der Waals surface area contributed by atoms with E-state index in [1.165, 1.54) is 6.07 Å². The summed E-state index contributed by atoms with van der Waals surface area (Å²) in [6.07, 6.45) is 0. The van der Waals surface area contributed by atoms with Crippen LogP contribution in [0.25, 0.3) is 21.8 Å². The molecule has 0 aliphatic heterocycles. The van der Waals surface area contributed by atoms with Gasteiger partial charge in [-0.15, -0.1) is 0 Å². The number of phenolic OH excluding ortho intramolecular Hbond substituents is 1. The summed E-state index contributed by atoms with van der Waals surface area (Å²) in [4.78, 5) is 4.44. The van der Waals surface area contributed by atoms with Crippen LogP contribution in [-0.4, -0.2) is 10.1 Å². The molecule has 0 saturated heterocycles. The molecule has 17 heavy (non-hydrogen) atoms. The molecule has 0 aliphatic rings. The molecule has 0 atom stereocenters. The minimum atomic E-state index is 0.145. The monoisotopic (exact) mass is 225 g/mol. The minimum Gasteiger partial charge on any atom is -0.507 e. The van der Waals surface area contributed by atoms with Gasteiger partial charge < -0.3 is 16.6 Å². The average molecular weight is 225 g/mol. The molecule has 5 N–H and O–H groups in total. The molecular weight excluding hydrogens is 214 g/mol. The van der Waals surface area contributed by atoms with E-state index < -0.39 is 0 Å². The zero-order chi connectivity index (χ0) is 12.0. The Labute approximate surface area is 97.5 Å². The first kappa shape index (κ1) is 9.72. The van der Waals surface area contributed by atoms with Crippen molar-refractivity contribution in [2.24, 2.45) is 0 Å². The molecule has 0 amide bonds. The minimum absolute atomic E-state index is 0.145. The van der Waals surface area contributed by atoms with E-state index in [1.807, 2.05) is 18.2 Å². The van der Waals surface area contributed by atoms with Crippen LogP contribution in [0.2, 0.25) is 0 Å². The Morgan fingerprint density at radius 1 is 0.882 bits per heavy atom. The van der Waals surface area contributed by atoms with Crippen LogP contribution >= 0.6 is 0 Å². The van der Waals surface area contributed by atoms with Crippen LogP contribution in [0.3, 0.4) is 0 Å². The van der Waals surface area contributed by atoms with Crippen molar-refractivity contribution in [3.05, 3.63) is 36.4 Å². The van der Waals surface area contributed by atoms with Crippen molar-refractivity contribution in [2.75, 3.05) is 11.5 Å². The number of hydrogen-bond donors (Lipinski definition) is 3. The lowest BCUT2D eigenvalue weighted by molar-refractivity contribution is 0.482. The number of nitrogen functional groups attached to an aromatic ring is 2. The Morgan fingerprint density at radius 3 is 2.47 bits per heavy atom. The Kier molecular flexibility index (Phi) is 1.86. The third-order valence-electron chi connectivity index (χ3n) is 2.75. The summed E-state index contributed by atoms with van der Waals surface area (Å²) in [7, 11) is 0. The fraction of sp³-hybridized carbons (Fsp3) is 0. The summed E-state index contributed by atoms with van der Waals surface area (Å²) < 4.78 is 0. The third-order valence-corrected chi connectivity index (χ3v) is 2.75. The molecule has 0 bridgehead atoms. The fourth-order valence-electron chi connectivity index (χ4n) is 1.95. The van der Waals surface area contributed by atoms with Gasteiger partial charge in [-0.3, -0.25) is 0 Å². The molecule has 3 aromatic rings. The van der Waals surface area contributed by atoms with Gasteiger partial charge in [-0.1, -0.05) is 6.07 Å². The van der Waals surface area contributed by atoms with Crippen LogP contribution in [0.5, 0.6) is 5.75 Å². The van der Waals surface area contributed by atoms with Gasteiger partial charge in [0.05, 0.1) is 11.0 Å². The van der Waals surface area contributed by atoms with Crippen molar-refractivity contribution in [1.29, 1.82) is 0 Å². The molecule has 1 heterocycles. The molecule has 2 aromatic carbocycles. The van der Waals surface area contributed by atoms with E-state index in [-0.39, 0.29) is 5.75 Å². The van der Waals surface area contributed by atoms with E-state index >= 15 is 0 Å². The normalized spacial score (nSPS) is 11.1. The molecule has 0 unspecified atom stereocenters. The first-order valence-electron chi connectivity index (χ1n) is 5.22. The summed E-state index contributed by atoms with van der Waals surface area (Å²) in [6.45, 7) is 0. The number of aromatic hydroxyl groups is 1. The summed E-state index contributed by atoms with van der Waals surface area (Å²) in [5, 5.41) is 11.4. The largest absolute Gasteiger partial charge is 0.507 e. The zero-order valence-corrected chi connectivity index (χ0v) is 9.01. The second kappa shape index (κ2) is 3.25. The first-order chi connectivity index (χ1) is 8.13. The average Bonchev–Trinajstić information content (AvgIpc) is 2.26. The number of nitrogens with two attached hydrogens (primary N) is 2. The standard InChI is InChI=1S/C13H11N3O/c14-8-2-1-7-3-10-12(16-11(7)4-8)5-9(15)6-13(10)17/h1-6,17H,14-15H2. The van der Waals surface area contributed by atoms with Crippen LogP contribution in [-0.2, 0) is 0 Å². The number of phenols is 1. The van der Waals surface area contributed by atoms with Crippen molar-refractivity contribution < 1.29 is 5.11 Å². The SMILES string of the molecule is Nc1ccc2cc3c(O)cc(N)cc3nc2c1. The smallest absolute Gasteiger partial charge is 0.127 e. The lowest BCUT2D eigenvalue weighted by atomic mass is 10.1. The molecule has 1 aromatic heterocycles. The van der Waals surface area contributed by atoms with Gasteiger partial charge in [0.1, 0.15) is 5.75 Å². The van der Waals surface area contributed by atoms with E-state index in [0.29, 0.717) is 22.3 Å². The van der Waals surface area contributed by atoms with Crippen LogP contribution in [0.15, 0.2) is 36.4 Å². The van der Waals surface area contributed by atoms with Gasteiger partial charge >= 0.3 is 0 Å². The van der Waals surface area contributed by atoms with Gasteiger partial charge in [0.15, 0.2) is 0 Å². The van der Waals surface area contributed by atoms with E-state index in [4.69, 9.17) is 11.5 Å². The van der Waals surface area contributed by atoms with Crippen LogP contribution < -0.4 is 11.5 Å². The van der Waals surface area contributed by atoms with Crippen LogP contribution in [0, 0.1) is 0 Å². The highest BCUT2D eigenvalue weighted by Gasteiger charge is 2.05. The Hall–Kier alpha value is -2.49. The van der Waals surface area contributed by atoms with Crippen molar-refractivity contribution in [3.8, 4) is 5.75 Å². The van der Waals surface area contributed by atoms with Gasteiger partial charge in [0.2, 0.25) is 0 Å². The van der Waals surface area contributed by atoms with Crippen molar-refractivity contribution in [1.82, 2.24) is 4.98 Å². The maximum Gasteiger partial charge on any atom is 0.127 e. The third kappa shape index (κ3) is 1.50. The molecule has 0 fully saturated rings. The first-order valence-corrected chi connectivity index (χ1v) is 5.22. The van der Waals surface area contributed by atoms with Gasteiger partial charge in [-0.2, -0.15) is 0 Å². The van der Waals surface area contributed by atoms with E-state index in [2.05, 4.69) is 4.98 Å². The summed E-state index contributed by atoms with van der Waals surface area (Å²) in [5.74, 6) is 0.145. The number of fused-ring (bicyclic) bond motifs is 2. The number of nitrogens with zero attached hydrogens (tertiary/aromatic N) is 1. The number of benzene rings is 2. The lowest BCUT2D eigenvalue weighted by Crippen LogP contribution is -1.89. The maximum absolute atomic E-state index is 9.82. The van der Waals surface area contributed by atoms with Crippen LogP contribution in [0.1, 0.15) is 0 Å². The van der Waals surface area contributed by atoms with Crippen molar-refractivity contribution in [2.45, 2.75) is 0 Å². The van der Waals surface area contributed by atoms with E-state index in [1.54, 1.807) is 12.1 Å². The molecule has 3 rings (SSSR count). The molecule has 0 aliphatic carbocycles. The Balaban J connectivity index is 2.47. The lowest BCUT2D eigenvalue weighted by Gasteiger charge is -2.05. The highest BCUT2D eigenvalue weighted by atomic mass is 16.3. The molecule has 4 heteroatoms. The predicted molar refractivity (Wildman–Crippen MR) is 69.7 cm³/mol. The number of aromatic nitrogens is 1. The Morgan fingerprint density at radius 2 is 1.65 bits per heavy atom. The topological polar surface area (TPSA) is 85.2 Å². The summed E-state index contributed by atoms with van der Waals surface area (Å²) >= 11 is 0. The van der Waals surface area contributed by atoms with E-state index in [9.17, 15) is 5.11 Å². The highest BCUT2D eigenvalue weighted by molar-refractivity contribution is 5.97. The molecule has 4 nitrogen and oxygen atoms in total. The van der Waals surface area contributed by atoms with Gasteiger partial charge in [-0.25, -0.2) is 4.98 Å². The van der Waals surface area contributed by atoms with Gasteiger partial charge in [0.25, 0.3) is 0 Å². The van der Waals surface area contributed by atoms with Gasteiger partial charge in [-0.05, 0) is 24.3 Å². The van der Waals surface area contributed by atoms with Crippen molar-refractivity contribution >= 4 is 33.2 Å². The number of anilines is 2. The summed E-state index contributed by atoms with van der Waals surface area (Å²) in [6, 6.07) is 10.6. The molecule has 0 radical (unpaired) electrons. The quantitative estimate of drug-likeness (QED) is 0.404. The molecular formula is C13H11N3O. The molecule has 84 valence electrons. The second-order valence-electron chi connectivity index (χ2n) is 4.05. The number of pyridine rings is 1.